The summed E-state index contributed by atoms with van der Waals surface area (Å²) in [4.78, 5) is 45.7. The summed E-state index contributed by atoms with van der Waals surface area (Å²) in [5, 5.41) is 31.1. The van der Waals surface area contributed by atoms with Crippen molar-refractivity contribution in [2.24, 2.45) is 5.73 Å². The molecule has 0 fully saturated rings. The van der Waals surface area contributed by atoms with Gasteiger partial charge in [0.1, 0.15) is 18.1 Å². The molecule has 0 rings (SSSR count). The topological polar surface area (TPSA) is 179 Å². The summed E-state index contributed by atoms with van der Waals surface area (Å²) in [5.74, 6) is -3.56. The van der Waals surface area contributed by atoms with Gasteiger partial charge < -0.3 is 31.7 Å². The van der Waals surface area contributed by atoms with Crippen LogP contribution in [0.2, 0.25) is 0 Å². The highest BCUT2D eigenvalue weighted by molar-refractivity contribution is 7.98. The number of nitrogens with one attached hydrogen (secondary N) is 2. The third-order valence-corrected chi connectivity index (χ3v) is 3.68. The van der Waals surface area contributed by atoms with E-state index in [1.165, 1.54) is 11.8 Å². The number of hydrogen-bond acceptors (Lipinski definition) is 7. The fraction of sp³-hybridized carbons (Fsp3) is 0.692. The SMILES string of the molecule is CSCC[C@H](NC(=O)[C@H](CCC(=O)O)NC(=O)[C@@H](N)CO)C(=O)O. The Kier molecular flexibility index (Phi) is 10.8. The third kappa shape index (κ3) is 8.70. The number of rotatable bonds is 12. The van der Waals surface area contributed by atoms with Crippen molar-refractivity contribution in [2.45, 2.75) is 37.4 Å². The Bertz CT molecular complexity index is 461. The molecule has 0 aromatic heterocycles. The van der Waals surface area contributed by atoms with Crippen molar-refractivity contribution in [3.63, 3.8) is 0 Å². The predicted molar refractivity (Wildman–Crippen MR) is 86.4 cm³/mol. The summed E-state index contributed by atoms with van der Waals surface area (Å²) < 4.78 is 0. The van der Waals surface area contributed by atoms with E-state index in [9.17, 15) is 19.2 Å². The molecule has 0 aliphatic heterocycles. The summed E-state index contributed by atoms with van der Waals surface area (Å²) in [6, 6.07) is -3.68. The molecule has 0 saturated carbocycles. The van der Waals surface area contributed by atoms with Crippen LogP contribution in [0.1, 0.15) is 19.3 Å². The molecular formula is C13H23N3O7S. The molecular weight excluding hydrogens is 342 g/mol. The zero-order valence-electron chi connectivity index (χ0n) is 13.2. The Morgan fingerprint density at radius 3 is 2.08 bits per heavy atom. The van der Waals surface area contributed by atoms with Crippen molar-refractivity contribution in [1.29, 1.82) is 0 Å². The van der Waals surface area contributed by atoms with Gasteiger partial charge in [0.2, 0.25) is 11.8 Å². The lowest BCUT2D eigenvalue weighted by atomic mass is 10.1. The summed E-state index contributed by atoms with van der Waals surface area (Å²) in [6.07, 6.45) is 1.32. The Balaban J connectivity index is 4.95. The van der Waals surface area contributed by atoms with Crippen molar-refractivity contribution in [3.05, 3.63) is 0 Å². The van der Waals surface area contributed by atoms with Gasteiger partial charge in [0.05, 0.1) is 6.61 Å². The minimum atomic E-state index is -1.27. The van der Waals surface area contributed by atoms with Crippen LogP contribution in [0.3, 0.4) is 0 Å². The molecule has 10 nitrogen and oxygen atoms in total. The highest BCUT2D eigenvalue weighted by Crippen LogP contribution is 2.04. The van der Waals surface area contributed by atoms with Gasteiger partial charge in [-0.1, -0.05) is 0 Å². The number of carbonyl (C=O) groups excluding carboxylic acids is 2. The summed E-state index contributed by atoms with van der Waals surface area (Å²) >= 11 is 1.41. The van der Waals surface area contributed by atoms with Crippen LogP contribution in [0.4, 0.5) is 0 Å². The maximum absolute atomic E-state index is 12.2. The molecule has 138 valence electrons. The Labute approximate surface area is 143 Å². The average Bonchev–Trinajstić information content (AvgIpc) is 2.53. The smallest absolute Gasteiger partial charge is 0.326 e. The highest BCUT2D eigenvalue weighted by atomic mass is 32.2. The van der Waals surface area contributed by atoms with Gasteiger partial charge in [-0.2, -0.15) is 11.8 Å². The molecule has 3 atom stereocenters. The normalized spacial score (nSPS) is 14.3. The first-order valence-electron chi connectivity index (χ1n) is 7.13. The molecule has 0 saturated heterocycles. The first kappa shape index (κ1) is 22.1. The summed E-state index contributed by atoms with van der Waals surface area (Å²) in [5.41, 5.74) is 5.33. The Hall–Kier alpha value is -1.85. The Morgan fingerprint density at radius 2 is 1.62 bits per heavy atom. The van der Waals surface area contributed by atoms with E-state index in [0.717, 1.165) is 0 Å². The van der Waals surface area contributed by atoms with Crippen molar-refractivity contribution < 1.29 is 34.5 Å². The van der Waals surface area contributed by atoms with Crippen molar-refractivity contribution in [3.8, 4) is 0 Å². The van der Waals surface area contributed by atoms with E-state index in [4.69, 9.17) is 21.1 Å². The van der Waals surface area contributed by atoms with Gasteiger partial charge in [-0.25, -0.2) is 4.79 Å². The predicted octanol–water partition coefficient (Wildman–Crippen LogP) is -2.02. The number of nitrogens with two attached hydrogens (primary N) is 1. The van der Waals surface area contributed by atoms with Crippen molar-refractivity contribution in [1.82, 2.24) is 10.6 Å². The maximum atomic E-state index is 12.2. The fourth-order valence-electron chi connectivity index (χ4n) is 1.66. The number of carboxylic acids is 2. The van der Waals surface area contributed by atoms with Crippen molar-refractivity contribution >= 4 is 35.5 Å². The fourth-order valence-corrected chi connectivity index (χ4v) is 2.14. The van der Waals surface area contributed by atoms with Crippen LogP contribution in [0.15, 0.2) is 0 Å². The molecule has 0 aromatic rings. The monoisotopic (exact) mass is 365 g/mol. The van der Waals surface area contributed by atoms with E-state index < -0.39 is 54.9 Å². The maximum Gasteiger partial charge on any atom is 0.326 e. The molecule has 24 heavy (non-hydrogen) atoms. The molecule has 0 aliphatic carbocycles. The number of amides is 2. The van der Waals surface area contributed by atoms with Crippen LogP contribution < -0.4 is 16.4 Å². The molecule has 2 amide bonds. The van der Waals surface area contributed by atoms with E-state index in [0.29, 0.717) is 5.75 Å². The van der Waals surface area contributed by atoms with E-state index in [-0.39, 0.29) is 12.8 Å². The van der Waals surface area contributed by atoms with Gasteiger partial charge in [-0.3, -0.25) is 14.4 Å². The van der Waals surface area contributed by atoms with Crippen LogP contribution in [-0.2, 0) is 19.2 Å². The van der Waals surface area contributed by atoms with E-state index >= 15 is 0 Å². The molecule has 0 bridgehead atoms. The van der Waals surface area contributed by atoms with Gasteiger partial charge in [-0.05, 0) is 24.9 Å². The van der Waals surface area contributed by atoms with Crippen LogP contribution in [0.5, 0.6) is 0 Å². The van der Waals surface area contributed by atoms with Crippen LogP contribution in [-0.4, -0.2) is 75.8 Å². The minimum absolute atomic E-state index is 0.179. The number of carbonyl (C=O) groups is 4. The lowest BCUT2D eigenvalue weighted by molar-refractivity contribution is -0.143. The number of carboxylic acid groups (broad SMARTS) is 2. The van der Waals surface area contributed by atoms with E-state index in [2.05, 4.69) is 10.6 Å². The van der Waals surface area contributed by atoms with E-state index in [1.807, 2.05) is 0 Å². The second-order valence-corrected chi connectivity index (χ2v) is 5.95. The third-order valence-electron chi connectivity index (χ3n) is 3.04. The van der Waals surface area contributed by atoms with Crippen LogP contribution in [0, 0.1) is 0 Å². The standard InChI is InChI=1S/C13H23N3O7S/c1-24-5-4-9(13(22)23)16-12(21)8(2-3-10(18)19)15-11(20)7(14)6-17/h7-9,17H,2-6,14H2,1H3,(H,15,20)(H,16,21)(H,18,19)(H,22,23)/t7-,8-,9-/m0/s1. The van der Waals surface area contributed by atoms with Gasteiger partial charge in [0.25, 0.3) is 0 Å². The molecule has 0 aromatic carbocycles. The number of thioether (sulfide) groups is 1. The second kappa shape index (κ2) is 11.6. The van der Waals surface area contributed by atoms with Gasteiger partial charge in [-0.15, -0.1) is 0 Å². The molecule has 0 spiro atoms. The van der Waals surface area contributed by atoms with Crippen LogP contribution >= 0.6 is 11.8 Å². The van der Waals surface area contributed by atoms with Gasteiger partial charge in [0, 0.05) is 6.42 Å². The lowest BCUT2D eigenvalue weighted by Gasteiger charge is -2.22. The molecule has 0 heterocycles. The zero-order chi connectivity index (χ0) is 18.7. The molecule has 7 N–H and O–H groups in total. The largest absolute Gasteiger partial charge is 0.481 e. The minimum Gasteiger partial charge on any atom is -0.481 e. The highest BCUT2D eigenvalue weighted by Gasteiger charge is 2.28. The van der Waals surface area contributed by atoms with Gasteiger partial charge >= 0.3 is 11.9 Å². The average molecular weight is 365 g/mol. The number of hydrogen-bond donors (Lipinski definition) is 6. The Morgan fingerprint density at radius 1 is 1.04 bits per heavy atom. The number of aliphatic carboxylic acids is 2. The number of aliphatic hydroxyl groups excluding tert-OH is 1. The molecule has 11 heteroatoms. The summed E-state index contributed by atoms with van der Waals surface area (Å²) in [7, 11) is 0. The van der Waals surface area contributed by atoms with Crippen LogP contribution in [0.25, 0.3) is 0 Å². The lowest BCUT2D eigenvalue weighted by Crippen LogP contribution is -2.55. The molecule has 0 aliphatic rings. The molecule has 0 unspecified atom stereocenters. The first-order valence-corrected chi connectivity index (χ1v) is 8.53. The first-order chi connectivity index (χ1) is 11.2. The second-order valence-electron chi connectivity index (χ2n) is 4.96. The summed E-state index contributed by atoms with van der Waals surface area (Å²) in [6.45, 7) is -0.648. The van der Waals surface area contributed by atoms with E-state index in [1.54, 1.807) is 6.26 Å². The quantitative estimate of drug-likeness (QED) is 0.227. The molecule has 0 radical (unpaired) electrons. The number of aliphatic hydroxyl groups is 1. The zero-order valence-corrected chi connectivity index (χ0v) is 14.0. The van der Waals surface area contributed by atoms with Crippen molar-refractivity contribution in [2.75, 3.05) is 18.6 Å². The van der Waals surface area contributed by atoms with Gasteiger partial charge in [0.15, 0.2) is 0 Å².